The van der Waals surface area contributed by atoms with Gasteiger partial charge in [-0.1, -0.05) is 29.8 Å². The Balaban J connectivity index is 1.44. The van der Waals surface area contributed by atoms with Gasteiger partial charge in [0.2, 0.25) is 11.9 Å². The third kappa shape index (κ3) is 4.94. The van der Waals surface area contributed by atoms with Gasteiger partial charge >= 0.3 is 0 Å². The number of aromatic nitrogens is 4. The fourth-order valence-corrected chi connectivity index (χ4v) is 4.95. The molecule has 34 heavy (non-hydrogen) atoms. The Morgan fingerprint density at radius 3 is 2.88 bits per heavy atom. The maximum absolute atomic E-state index is 13.1. The lowest BCUT2D eigenvalue weighted by Crippen LogP contribution is -2.37. The van der Waals surface area contributed by atoms with E-state index in [9.17, 15) is 4.79 Å². The molecule has 9 nitrogen and oxygen atoms in total. The van der Waals surface area contributed by atoms with E-state index in [0.717, 1.165) is 73.5 Å². The molecule has 1 saturated heterocycles. The van der Waals surface area contributed by atoms with E-state index in [1.165, 1.54) is 0 Å². The summed E-state index contributed by atoms with van der Waals surface area (Å²) < 4.78 is 8.26. The van der Waals surface area contributed by atoms with Gasteiger partial charge in [0, 0.05) is 42.5 Å². The summed E-state index contributed by atoms with van der Waals surface area (Å²) in [6.07, 6.45) is 2.94. The Hall–Kier alpha value is -2.56. The number of halogens is 1. The van der Waals surface area contributed by atoms with Gasteiger partial charge in [-0.15, -0.1) is 0 Å². The second-order valence-corrected chi connectivity index (χ2v) is 10.2. The molecule has 2 N–H and O–H groups in total. The Kier molecular flexibility index (Phi) is 6.80. The fourth-order valence-electron chi connectivity index (χ4n) is 4.57. The van der Waals surface area contributed by atoms with Crippen LogP contribution in [0.2, 0.25) is 0 Å². The lowest BCUT2D eigenvalue weighted by atomic mass is 9.95. The van der Waals surface area contributed by atoms with Crippen LogP contribution < -0.4 is 10.6 Å². The molecule has 0 saturated carbocycles. The zero-order valence-corrected chi connectivity index (χ0v) is 21.1. The number of fused-ring (bicyclic) bond motifs is 2. The Bertz CT molecular complexity index is 1190. The molecule has 10 heteroatoms. The van der Waals surface area contributed by atoms with Crippen LogP contribution in [-0.2, 0) is 16.1 Å². The van der Waals surface area contributed by atoms with E-state index in [4.69, 9.17) is 14.8 Å². The molecule has 180 valence electrons. The Morgan fingerprint density at radius 1 is 1.26 bits per heavy atom. The number of nitrogens with one attached hydrogen (secondary N) is 2. The van der Waals surface area contributed by atoms with Crippen LogP contribution in [0.3, 0.4) is 0 Å². The molecular weight excluding hydrogens is 498 g/mol. The summed E-state index contributed by atoms with van der Waals surface area (Å²) in [6, 6.07) is 5.84. The smallest absolute Gasteiger partial charge is 0.238 e. The molecule has 0 aliphatic carbocycles. The largest absolute Gasteiger partial charge is 0.379 e. The summed E-state index contributed by atoms with van der Waals surface area (Å²) in [5.41, 5.74) is 3.02. The average molecular weight is 528 g/mol. The predicted octanol–water partition coefficient (Wildman–Crippen LogP) is 3.46. The number of carbonyl (C=O) groups is 1. The van der Waals surface area contributed by atoms with Gasteiger partial charge in [-0.25, -0.2) is 4.98 Å². The summed E-state index contributed by atoms with van der Waals surface area (Å²) in [7, 11) is 0. The molecule has 1 amide bonds. The number of carbonyl (C=O) groups excluding carboxylic acids is 1. The maximum Gasteiger partial charge on any atom is 0.238 e. The molecule has 0 spiro atoms. The van der Waals surface area contributed by atoms with Gasteiger partial charge in [-0.3, -0.25) is 14.4 Å². The molecule has 3 aromatic rings. The highest BCUT2D eigenvalue weighted by Crippen LogP contribution is 2.40. The lowest BCUT2D eigenvalue weighted by Gasteiger charge is -2.26. The average Bonchev–Trinajstić information content (AvgIpc) is 3.35. The highest BCUT2D eigenvalue weighted by Gasteiger charge is 2.35. The van der Waals surface area contributed by atoms with E-state index in [1.54, 1.807) is 0 Å². The molecule has 2 aliphatic heterocycles. The first-order valence-corrected chi connectivity index (χ1v) is 12.7. The third-order valence-electron chi connectivity index (χ3n) is 6.16. The van der Waals surface area contributed by atoms with Crippen LogP contribution >= 0.6 is 15.9 Å². The summed E-state index contributed by atoms with van der Waals surface area (Å²) in [4.78, 5) is 25.0. The molecule has 1 aromatic carbocycles. The van der Waals surface area contributed by atoms with E-state index < -0.39 is 5.92 Å². The summed E-state index contributed by atoms with van der Waals surface area (Å²) >= 11 is 3.54. The number of morpholine rings is 1. The minimum Gasteiger partial charge on any atom is -0.379 e. The highest BCUT2D eigenvalue weighted by atomic mass is 79.9. The Morgan fingerprint density at radius 2 is 2.09 bits per heavy atom. The molecule has 4 heterocycles. The number of hydrogen-bond acceptors (Lipinski definition) is 7. The first kappa shape index (κ1) is 23.2. The van der Waals surface area contributed by atoms with Gasteiger partial charge in [0.25, 0.3) is 0 Å². The SMILES string of the molecule is CC(C)Cn1cc2c(C3C(=O)Nc4ccc(Br)cc43)nc(NCCCN3CCOCC3)nc2n1. The van der Waals surface area contributed by atoms with Crippen LogP contribution in [0.15, 0.2) is 28.9 Å². The van der Waals surface area contributed by atoms with Crippen molar-refractivity contribution in [1.29, 1.82) is 0 Å². The van der Waals surface area contributed by atoms with Gasteiger partial charge < -0.3 is 15.4 Å². The topological polar surface area (TPSA) is 97.2 Å². The molecule has 5 rings (SSSR count). The summed E-state index contributed by atoms with van der Waals surface area (Å²) in [6.45, 7) is 10.4. The molecule has 2 aliphatic rings. The highest BCUT2D eigenvalue weighted by molar-refractivity contribution is 9.10. The van der Waals surface area contributed by atoms with Crippen LogP contribution in [0.1, 0.15) is 37.4 Å². The van der Waals surface area contributed by atoms with Crippen LogP contribution in [0.25, 0.3) is 11.0 Å². The fraction of sp³-hybridized carbons (Fsp3) is 0.500. The van der Waals surface area contributed by atoms with Gasteiger partial charge in [0.1, 0.15) is 5.92 Å². The van der Waals surface area contributed by atoms with Crippen LogP contribution in [0.5, 0.6) is 0 Å². The zero-order chi connectivity index (χ0) is 23.7. The van der Waals surface area contributed by atoms with Crippen molar-refractivity contribution in [3.05, 3.63) is 40.1 Å². The van der Waals surface area contributed by atoms with Gasteiger partial charge in [-0.2, -0.15) is 10.1 Å². The van der Waals surface area contributed by atoms with E-state index in [1.807, 2.05) is 29.1 Å². The molecule has 1 atom stereocenters. The zero-order valence-electron chi connectivity index (χ0n) is 19.6. The number of anilines is 2. The summed E-state index contributed by atoms with van der Waals surface area (Å²) in [5.74, 6) is 0.358. The lowest BCUT2D eigenvalue weighted by molar-refractivity contribution is -0.116. The van der Waals surface area contributed by atoms with Crippen molar-refractivity contribution in [2.45, 2.75) is 32.7 Å². The Labute approximate surface area is 207 Å². The number of ether oxygens (including phenoxy) is 1. The molecular formula is C24H30BrN7O2. The first-order chi connectivity index (χ1) is 16.5. The number of rotatable bonds is 8. The molecule has 0 bridgehead atoms. The van der Waals surface area contributed by atoms with Crippen molar-refractivity contribution >= 4 is 44.5 Å². The van der Waals surface area contributed by atoms with E-state index >= 15 is 0 Å². The first-order valence-electron chi connectivity index (χ1n) is 11.9. The molecule has 1 fully saturated rings. The second kappa shape index (κ2) is 9.97. The van der Waals surface area contributed by atoms with E-state index in [0.29, 0.717) is 23.2 Å². The maximum atomic E-state index is 13.1. The van der Waals surface area contributed by atoms with Crippen LogP contribution in [-0.4, -0.2) is 69.9 Å². The quantitative estimate of drug-likeness (QED) is 0.433. The third-order valence-corrected chi connectivity index (χ3v) is 6.66. The molecule has 1 unspecified atom stereocenters. The van der Waals surface area contributed by atoms with Crippen molar-refractivity contribution in [3.8, 4) is 0 Å². The monoisotopic (exact) mass is 527 g/mol. The second-order valence-electron chi connectivity index (χ2n) is 9.30. The standard InChI is InChI=1S/C24H30BrN7O2/c1-15(2)13-32-14-18-21(20-17-12-16(25)4-5-19(17)27-23(20)33)28-24(29-22(18)30-32)26-6-3-7-31-8-10-34-11-9-31/h4-5,12,14-15,20H,3,6-11,13H2,1-2H3,(H,27,33)(H,26,29,30). The number of hydrogen-bond donors (Lipinski definition) is 2. The van der Waals surface area contributed by atoms with Crippen LogP contribution in [0.4, 0.5) is 11.6 Å². The van der Waals surface area contributed by atoms with Crippen molar-refractivity contribution < 1.29 is 9.53 Å². The van der Waals surface area contributed by atoms with E-state index in [2.05, 4.69) is 50.3 Å². The van der Waals surface area contributed by atoms with Crippen molar-refractivity contribution in [2.75, 3.05) is 50.0 Å². The van der Waals surface area contributed by atoms with Gasteiger partial charge in [0.15, 0.2) is 5.65 Å². The predicted molar refractivity (Wildman–Crippen MR) is 135 cm³/mol. The van der Waals surface area contributed by atoms with Gasteiger partial charge in [0.05, 0.1) is 24.3 Å². The molecule has 2 aromatic heterocycles. The minimum atomic E-state index is -0.511. The van der Waals surface area contributed by atoms with Gasteiger partial charge in [-0.05, 0) is 42.6 Å². The molecule has 0 radical (unpaired) electrons. The van der Waals surface area contributed by atoms with E-state index in [-0.39, 0.29) is 5.91 Å². The normalized spacial score (nSPS) is 18.5. The number of amides is 1. The van der Waals surface area contributed by atoms with Crippen LogP contribution in [0, 0.1) is 5.92 Å². The van der Waals surface area contributed by atoms with Crippen molar-refractivity contribution in [3.63, 3.8) is 0 Å². The summed E-state index contributed by atoms with van der Waals surface area (Å²) in [5, 5.41) is 11.9. The minimum absolute atomic E-state index is 0.0806. The van der Waals surface area contributed by atoms with Crippen molar-refractivity contribution in [1.82, 2.24) is 24.6 Å². The number of benzene rings is 1. The number of nitrogens with zero attached hydrogens (tertiary/aromatic N) is 5. The van der Waals surface area contributed by atoms with Crippen molar-refractivity contribution in [2.24, 2.45) is 5.92 Å².